The van der Waals surface area contributed by atoms with Gasteiger partial charge in [-0.2, -0.15) is 0 Å². The van der Waals surface area contributed by atoms with E-state index in [-0.39, 0.29) is 29.9 Å². The zero-order chi connectivity index (χ0) is 25.3. The number of hydrogen-bond acceptors (Lipinski definition) is 9. The van der Waals surface area contributed by atoms with Gasteiger partial charge in [-0.25, -0.2) is 4.98 Å². The van der Waals surface area contributed by atoms with Gasteiger partial charge in [0.2, 0.25) is 6.29 Å². The SMILES string of the molecule is O=C(NCCNc1ccc([N+](=O)[O-])cn1)C1=C[C@@H](c2cccs2)C[C@@H](OCc2ccc(CO)cc2)O1. The topological polar surface area (TPSA) is 136 Å². The molecule has 3 heterocycles. The highest BCUT2D eigenvalue weighted by Gasteiger charge is 2.29. The quantitative estimate of drug-likeness (QED) is 0.202. The normalized spacial score (nSPS) is 17.1. The van der Waals surface area contributed by atoms with Crippen molar-refractivity contribution < 1.29 is 24.3 Å². The van der Waals surface area contributed by atoms with E-state index in [1.54, 1.807) is 11.3 Å². The van der Waals surface area contributed by atoms with Crippen molar-refractivity contribution in [3.63, 3.8) is 0 Å². The molecule has 0 aliphatic carbocycles. The molecule has 0 radical (unpaired) electrons. The maximum Gasteiger partial charge on any atom is 0.287 e. The predicted octanol–water partition coefficient (Wildman–Crippen LogP) is 3.70. The number of aliphatic hydroxyl groups is 1. The molecule has 2 atom stereocenters. The number of benzene rings is 1. The van der Waals surface area contributed by atoms with Crippen molar-refractivity contribution in [2.24, 2.45) is 0 Å². The van der Waals surface area contributed by atoms with Crippen LogP contribution in [0.4, 0.5) is 11.5 Å². The number of rotatable bonds is 11. The number of nitrogens with one attached hydrogen (secondary N) is 2. The minimum Gasteiger partial charge on any atom is -0.459 e. The van der Waals surface area contributed by atoms with Crippen LogP contribution in [0.1, 0.15) is 28.3 Å². The lowest BCUT2D eigenvalue weighted by Gasteiger charge is -2.28. The summed E-state index contributed by atoms with van der Waals surface area (Å²) in [5, 5.41) is 27.7. The number of ether oxygens (including phenoxy) is 2. The summed E-state index contributed by atoms with van der Waals surface area (Å²) < 4.78 is 11.9. The van der Waals surface area contributed by atoms with Gasteiger partial charge in [0.05, 0.1) is 18.1 Å². The van der Waals surface area contributed by atoms with Gasteiger partial charge in [0.1, 0.15) is 12.0 Å². The lowest BCUT2D eigenvalue weighted by molar-refractivity contribution is -0.385. The van der Waals surface area contributed by atoms with Crippen LogP contribution < -0.4 is 10.6 Å². The fraction of sp³-hybridized carbons (Fsp3) is 0.280. The first-order chi connectivity index (χ1) is 17.5. The van der Waals surface area contributed by atoms with Gasteiger partial charge in [-0.1, -0.05) is 30.3 Å². The molecule has 3 aromatic rings. The Hall–Kier alpha value is -3.80. The van der Waals surface area contributed by atoms with E-state index in [2.05, 4.69) is 15.6 Å². The van der Waals surface area contributed by atoms with E-state index in [1.807, 2.05) is 47.9 Å². The van der Waals surface area contributed by atoms with Crippen molar-refractivity contribution >= 4 is 28.7 Å². The first-order valence-electron chi connectivity index (χ1n) is 11.4. The van der Waals surface area contributed by atoms with E-state index in [1.165, 1.54) is 18.3 Å². The summed E-state index contributed by atoms with van der Waals surface area (Å²) in [7, 11) is 0. The number of thiophene rings is 1. The van der Waals surface area contributed by atoms with Crippen molar-refractivity contribution in [3.05, 3.63) is 98.1 Å². The standard InChI is InChI=1S/C25H26N4O6S/c30-15-17-3-5-18(6-4-17)16-34-24-13-19(22-2-1-11-36-22)12-21(35-24)25(31)27-10-9-26-23-8-7-20(14-28-23)29(32)33/h1-8,11-12,14,19,24,30H,9-10,13,15-16H2,(H,26,28)(H,27,31)/t19-,24+/m1/s1. The fourth-order valence-corrected chi connectivity index (χ4v) is 4.41. The van der Waals surface area contributed by atoms with Crippen molar-refractivity contribution in [3.8, 4) is 0 Å². The molecule has 1 amide bonds. The Morgan fingerprint density at radius 2 is 2.00 bits per heavy atom. The van der Waals surface area contributed by atoms with Gasteiger partial charge in [0.25, 0.3) is 11.6 Å². The number of amides is 1. The van der Waals surface area contributed by atoms with E-state index < -0.39 is 11.2 Å². The lowest BCUT2D eigenvalue weighted by Crippen LogP contribution is -2.35. The van der Waals surface area contributed by atoms with Crippen LogP contribution in [0.5, 0.6) is 0 Å². The third-order valence-corrected chi connectivity index (χ3v) is 6.51. The van der Waals surface area contributed by atoms with Crippen LogP contribution in [0.3, 0.4) is 0 Å². The number of hydrogen-bond donors (Lipinski definition) is 3. The zero-order valence-corrected chi connectivity index (χ0v) is 20.1. The number of anilines is 1. The second-order valence-electron chi connectivity index (χ2n) is 8.06. The summed E-state index contributed by atoms with van der Waals surface area (Å²) in [5.41, 5.74) is 1.68. The van der Waals surface area contributed by atoms with E-state index in [0.29, 0.717) is 31.9 Å². The molecule has 1 aromatic carbocycles. The van der Waals surface area contributed by atoms with Crippen LogP contribution in [-0.4, -0.2) is 40.3 Å². The molecule has 1 aliphatic rings. The molecule has 0 saturated carbocycles. The largest absolute Gasteiger partial charge is 0.459 e. The summed E-state index contributed by atoms with van der Waals surface area (Å²) >= 11 is 1.62. The Balaban J connectivity index is 1.32. The Morgan fingerprint density at radius 3 is 2.67 bits per heavy atom. The van der Waals surface area contributed by atoms with Gasteiger partial charge in [0, 0.05) is 36.4 Å². The Morgan fingerprint density at radius 1 is 1.19 bits per heavy atom. The highest BCUT2D eigenvalue weighted by molar-refractivity contribution is 7.10. The van der Waals surface area contributed by atoms with E-state index in [0.717, 1.165) is 16.0 Å². The van der Waals surface area contributed by atoms with Crippen LogP contribution in [0.25, 0.3) is 0 Å². The van der Waals surface area contributed by atoms with E-state index >= 15 is 0 Å². The molecule has 188 valence electrons. The third kappa shape index (κ3) is 6.87. The molecule has 3 N–H and O–H groups in total. The Kier molecular flexibility index (Phi) is 8.61. The molecule has 11 heteroatoms. The van der Waals surface area contributed by atoms with Crippen LogP contribution in [0.2, 0.25) is 0 Å². The zero-order valence-electron chi connectivity index (χ0n) is 19.3. The monoisotopic (exact) mass is 510 g/mol. The summed E-state index contributed by atoms with van der Waals surface area (Å²) in [4.78, 5) is 28.1. The first kappa shape index (κ1) is 25.3. The number of nitro groups is 1. The predicted molar refractivity (Wildman–Crippen MR) is 134 cm³/mol. The van der Waals surface area contributed by atoms with Crippen LogP contribution in [0, 0.1) is 10.1 Å². The summed E-state index contributed by atoms with van der Waals surface area (Å²) in [6.07, 6.45) is 2.98. The number of carbonyl (C=O) groups excluding carboxylic acids is 1. The second kappa shape index (κ2) is 12.2. The summed E-state index contributed by atoms with van der Waals surface area (Å²) in [6.45, 7) is 0.972. The molecule has 36 heavy (non-hydrogen) atoms. The number of aliphatic hydroxyl groups excluding tert-OH is 1. The van der Waals surface area contributed by atoms with Gasteiger partial charge >= 0.3 is 0 Å². The molecule has 10 nitrogen and oxygen atoms in total. The number of nitrogens with zero attached hydrogens (tertiary/aromatic N) is 2. The van der Waals surface area contributed by atoms with Crippen molar-refractivity contribution in [1.82, 2.24) is 10.3 Å². The maximum atomic E-state index is 12.8. The average molecular weight is 511 g/mol. The molecule has 0 fully saturated rings. The van der Waals surface area contributed by atoms with Gasteiger partial charge in [-0.05, 0) is 34.7 Å². The van der Waals surface area contributed by atoms with Gasteiger partial charge in [-0.3, -0.25) is 14.9 Å². The van der Waals surface area contributed by atoms with Gasteiger partial charge in [-0.15, -0.1) is 11.3 Å². The van der Waals surface area contributed by atoms with Crippen molar-refractivity contribution in [2.45, 2.75) is 31.8 Å². The van der Waals surface area contributed by atoms with E-state index in [4.69, 9.17) is 9.47 Å². The number of pyridine rings is 1. The van der Waals surface area contributed by atoms with Crippen LogP contribution in [0.15, 0.2) is 71.9 Å². The Bertz CT molecular complexity index is 1180. The highest BCUT2D eigenvalue weighted by atomic mass is 32.1. The second-order valence-corrected chi connectivity index (χ2v) is 9.04. The Labute approximate surface area is 211 Å². The maximum absolute atomic E-state index is 12.8. The molecule has 0 bridgehead atoms. The molecular formula is C25H26N4O6S. The first-order valence-corrected chi connectivity index (χ1v) is 12.2. The van der Waals surface area contributed by atoms with E-state index in [9.17, 15) is 20.0 Å². The summed E-state index contributed by atoms with van der Waals surface area (Å²) in [5.74, 6) is 0.314. The number of aromatic nitrogens is 1. The van der Waals surface area contributed by atoms with Gasteiger partial charge < -0.3 is 25.2 Å². The van der Waals surface area contributed by atoms with Crippen LogP contribution >= 0.6 is 11.3 Å². The van der Waals surface area contributed by atoms with Crippen molar-refractivity contribution in [2.75, 3.05) is 18.4 Å². The molecule has 0 spiro atoms. The average Bonchev–Trinajstić information content (AvgIpc) is 3.45. The third-order valence-electron chi connectivity index (χ3n) is 5.51. The molecule has 2 aromatic heterocycles. The van der Waals surface area contributed by atoms with Crippen molar-refractivity contribution in [1.29, 1.82) is 0 Å². The highest BCUT2D eigenvalue weighted by Crippen LogP contribution is 2.34. The van der Waals surface area contributed by atoms with Gasteiger partial charge in [0.15, 0.2) is 5.76 Å². The molecule has 4 rings (SSSR count). The molecular weight excluding hydrogens is 484 g/mol. The molecule has 1 aliphatic heterocycles. The minimum atomic E-state index is -0.595. The molecule has 0 unspecified atom stereocenters. The van der Waals surface area contributed by atoms with Crippen LogP contribution in [-0.2, 0) is 27.5 Å². The lowest BCUT2D eigenvalue weighted by atomic mass is 9.99. The minimum absolute atomic E-state index is 0.0105. The molecule has 0 saturated heterocycles. The smallest absolute Gasteiger partial charge is 0.287 e. The summed E-state index contributed by atoms with van der Waals surface area (Å²) in [6, 6.07) is 14.3. The fourth-order valence-electron chi connectivity index (χ4n) is 3.60. The number of allylic oxidation sites excluding steroid dienone is 1. The number of carbonyl (C=O) groups is 1.